The van der Waals surface area contributed by atoms with Crippen molar-refractivity contribution in [2.45, 2.75) is 32.2 Å². The second kappa shape index (κ2) is 6.26. The molecule has 5 nitrogen and oxygen atoms in total. The number of aryl methyl sites for hydroxylation is 1. The molecule has 1 aliphatic rings. The Bertz CT molecular complexity index is 529. The Morgan fingerprint density at radius 3 is 2.70 bits per heavy atom. The van der Waals surface area contributed by atoms with E-state index in [9.17, 15) is 9.59 Å². The second-order valence-electron chi connectivity index (χ2n) is 5.10. The highest BCUT2D eigenvalue weighted by Gasteiger charge is 2.33. The number of halogens is 1. The first-order chi connectivity index (χ1) is 9.45. The summed E-state index contributed by atoms with van der Waals surface area (Å²) in [6.07, 6.45) is 1.93. The van der Waals surface area contributed by atoms with Crippen LogP contribution in [0, 0.1) is 12.8 Å². The topological polar surface area (TPSA) is 78.4 Å². The van der Waals surface area contributed by atoms with Gasteiger partial charge in [0.15, 0.2) is 0 Å². The average Bonchev–Trinajstić information content (AvgIpc) is 3.16. The summed E-state index contributed by atoms with van der Waals surface area (Å²) in [4.78, 5) is 22.7. The SMILES string of the molecule is Cc1ccc(NC(=O)NC(CC(=O)O)C2CC2)cc1Br. The summed E-state index contributed by atoms with van der Waals surface area (Å²) < 4.78 is 0.916. The van der Waals surface area contributed by atoms with Gasteiger partial charge in [-0.2, -0.15) is 0 Å². The highest BCUT2D eigenvalue weighted by molar-refractivity contribution is 9.10. The van der Waals surface area contributed by atoms with Crippen molar-refractivity contribution in [3.8, 4) is 0 Å². The molecule has 2 rings (SSSR count). The molecule has 1 aromatic carbocycles. The lowest BCUT2D eigenvalue weighted by atomic mass is 10.1. The van der Waals surface area contributed by atoms with Crippen LogP contribution in [0.4, 0.5) is 10.5 Å². The number of rotatable bonds is 5. The van der Waals surface area contributed by atoms with Crippen LogP contribution < -0.4 is 10.6 Å². The number of nitrogens with one attached hydrogen (secondary N) is 2. The van der Waals surface area contributed by atoms with Gasteiger partial charge in [0, 0.05) is 16.2 Å². The number of hydrogen-bond acceptors (Lipinski definition) is 2. The Morgan fingerprint density at radius 1 is 1.45 bits per heavy atom. The van der Waals surface area contributed by atoms with Crippen LogP contribution >= 0.6 is 15.9 Å². The number of aliphatic carboxylic acids is 1. The minimum atomic E-state index is -0.889. The van der Waals surface area contributed by atoms with E-state index in [0.29, 0.717) is 11.6 Å². The fraction of sp³-hybridized carbons (Fsp3) is 0.429. The van der Waals surface area contributed by atoms with E-state index in [-0.39, 0.29) is 18.5 Å². The molecule has 1 fully saturated rings. The first-order valence-corrected chi connectivity index (χ1v) is 7.30. The molecule has 0 radical (unpaired) electrons. The van der Waals surface area contributed by atoms with Gasteiger partial charge in [-0.3, -0.25) is 4.79 Å². The Morgan fingerprint density at radius 2 is 2.15 bits per heavy atom. The van der Waals surface area contributed by atoms with Gasteiger partial charge in [-0.25, -0.2) is 4.79 Å². The fourth-order valence-electron chi connectivity index (χ4n) is 2.03. The second-order valence-corrected chi connectivity index (χ2v) is 5.96. The third kappa shape index (κ3) is 4.23. The van der Waals surface area contributed by atoms with E-state index in [2.05, 4.69) is 26.6 Å². The first kappa shape index (κ1) is 14.8. The smallest absolute Gasteiger partial charge is 0.319 e. The van der Waals surface area contributed by atoms with Crippen molar-refractivity contribution >= 4 is 33.6 Å². The molecule has 0 spiro atoms. The maximum atomic E-state index is 11.9. The molecule has 3 N–H and O–H groups in total. The molecule has 1 unspecified atom stereocenters. The van der Waals surface area contributed by atoms with Gasteiger partial charge in [0.1, 0.15) is 0 Å². The van der Waals surface area contributed by atoms with Gasteiger partial charge in [0.05, 0.1) is 6.42 Å². The van der Waals surface area contributed by atoms with E-state index in [0.717, 1.165) is 22.9 Å². The number of amides is 2. The van der Waals surface area contributed by atoms with E-state index in [4.69, 9.17) is 5.11 Å². The lowest BCUT2D eigenvalue weighted by molar-refractivity contribution is -0.137. The fourth-order valence-corrected chi connectivity index (χ4v) is 2.41. The number of carboxylic acid groups (broad SMARTS) is 1. The first-order valence-electron chi connectivity index (χ1n) is 6.51. The molecule has 0 heterocycles. The van der Waals surface area contributed by atoms with Gasteiger partial charge >= 0.3 is 12.0 Å². The van der Waals surface area contributed by atoms with E-state index < -0.39 is 5.97 Å². The molecular formula is C14H17BrN2O3. The quantitative estimate of drug-likeness (QED) is 0.770. The number of carbonyl (C=O) groups excluding carboxylic acids is 1. The van der Waals surface area contributed by atoms with Crippen molar-refractivity contribution in [2.24, 2.45) is 5.92 Å². The third-order valence-electron chi connectivity index (χ3n) is 3.33. The van der Waals surface area contributed by atoms with Crippen LogP contribution in [0.1, 0.15) is 24.8 Å². The van der Waals surface area contributed by atoms with Crippen molar-refractivity contribution in [3.05, 3.63) is 28.2 Å². The van der Waals surface area contributed by atoms with Gasteiger partial charge in [-0.05, 0) is 43.4 Å². The van der Waals surface area contributed by atoms with E-state index in [1.54, 1.807) is 0 Å². The van der Waals surface area contributed by atoms with Crippen LogP contribution in [0.15, 0.2) is 22.7 Å². The van der Waals surface area contributed by atoms with Crippen LogP contribution in [-0.2, 0) is 4.79 Å². The summed E-state index contributed by atoms with van der Waals surface area (Å²) in [6, 6.07) is 4.87. The van der Waals surface area contributed by atoms with Crippen molar-refractivity contribution in [1.29, 1.82) is 0 Å². The van der Waals surface area contributed by atoms with Gasteiger partial charge < -0.3 is 15.7 Å². The highest BCUT2D eigenvalue weighted by Crippen LogP contribution is 2.34. The van der Waals surface area contributed by atoms with Crippen molar-refractivity contribution < 1.29 is 14.7 Å². The van der Waals surface area contributed by atoms with Crippen molar-refractivity contribution in [1.82, 2.24) is 5.32 Å². The highest BCUT2D eigenvalue weighted by atomic mass is 79.9. The lowest BCUT2D eigenvalue weighted by Crippen LogP contribution is -2.40. The van der Waals surface area contributed by atoms with Gasteiger partial charge in [0.25, 0.3) is 0 Å². The Hall–Kier alpha value is -1.56. The summed E-state index contributed by atoms with van der Waals surface area (Å²) in [7, 11) is 0. The molecule has 6 heteroatoms. The normalized spacial score (nSPS) is 15.5. The zero-order chi connectivity index (χ0) is 14.7. The van der Waals surface area contributed by atoms with Gasteiger partial charge in [-0.1, -0.05) is 22.0 Å². The van der Waals surface area contributed by atoms with Gasteiger partial charge in [-0.15, -0.1) is 0 Å². The molecule has 0 bridgehead atoms. The van der Waals surface area contributed by atoms with Crippen molar-refractivity contribution in [3.63, 3.8) is 0 Å². The molecule has 108 valence electrons. The molecule has 1 saturated carbocycles. The average molecular weight is 341 g/mol. The number of carboxylic acids is 1. The monoisotopic (exact) mass is 340 g/mol. The molecule has 1 aliphatic carbocycles. The zero-order valence-corrected chi connectivity index (χ0v) is 12.7. The maximum absolute atomic E-state index is 11.9. The molecule has 0 aliphatic heterocycles. The van der Waals surface area contributed by atoms with E-state index >= 15 is 0 Å². The summed E-state index contributed by atoms with van der Waals surface area (Å²) >= 11 is 3.40. The Balaban J connectivity index is 1.93. The number of urea groups is 1. The van der Waals surface area contributed by atoms with Crippen LogP contribution in [-0.4, -0.2) is 23.1 Å². The minimum absolute atomic E-state index is 0.0321. The lowest BCUT2D eigenvalue weighted by Gasteiger charge is -2.17. The van der Waals surface area contributed by atoms with Gasteiger partial charge in [0.2, 0.25) is 0 Å². The van der Waals surface area contributed by atoms with Crippen LogP contribution in [0.5, 0.6) is 0 Å². The standard InChI is InChI=1S/C14H17BrN2O3/c1-8-2-5-10(6-11(8)15)16-14(20)17-12(7-13(18)19)9-3-4-9/h2,5-6,9,12H,3-4,7H2,1H3,(H,18,19)(H2,16,17,20). The van der Waals surface area contributed by atoms with Crippen molar-refractivity contribution in [2.75, 3.05) is 5.32 Å². The van der Waals surface area contributed by atoms with E-state index in [1.807, 2.05) is 25.1 Å². The number of anilines is 1. The Kier molecular flexibility index (Phi) is 4.65. The molecule has 0 aromatic heterocycles. The number of hydrogen-bond donors (Lipinski definition) is 3. The minimum Gasteiger partial charge on any atom is -0.481 e. The number of carbonyl (C=O) groups is 2. The van der Waals surface area contributed by atoms with E-state index in [1.165, 1.54) is 0 Å². The predicted octanol–water partition coefficient (Wildman–Crippen LogP) is 3.13. The zero-order valence-electron chi connectivity index (χ0n) is 11.1. The number of benzene rings is 1. The third-order valence-corrected chi connectivity index (χ3v) is 4.19. The summed E-state index contributed by atoms with van der Waals surface area (Å²) in [5.74, 6) is -0.595. The molecule has 1 atom stereocenters. The predicted molar refractivity (Wildman–Crippen MR) is 79.8 cm³/mol. The Labute approximate surface area is 125 Å². The summed E-state index contributed by atoms with van der Waals surface area (Å²) in [6.45, 7) is 1.96. The molecular weight excluding hydrogens is 324 g/mol. The molecule has 0 saturated heterocycles. The molecule has 1 aromatic rings. The van der Waals surface area contributed by atoms with Crippen LogP contribution in [0.25, 0.3) is 0 Å². The molecule has 20 heavy (non-hydrogen) atoms. The summed E-state index contributed by atoms with van der Waals surface area (Å²) in [5, 5.41) is 14.3. The van der Waals surface area contributed by atoms with Crippen LogP contribution in [0.3, 0.4) is 0 Å². The molecule has 2 amide bonds. The maximum Gasteiger partial charge on any atom is 0.319 e. The summed E-state index contributed by atoms with van der Waals surface area (Å²) in [5.41, 5.74) is 1.75. The largest absolute Gasteiger partial charge is 0.481 e. The van der Waals surface area contributed by atoms with Crippen LogP contribution in [0.2, 0.25) is 0 Å².